The molecule has 3 rings (SSSR count). The Bertz CT molecular complexity index is 491. The lowest BCUT2D eigenvalue weighted by molar-refractivity contribution is -0.127. The smallest absolute Gasteiger partial charge is 0.230 e. The quantitative estimate of drug-likeness (QED) is 0.831. The number of amides is 1. The predicted molar refractivity (Wildman–Crippen MR) is 72.9 cm³/mol. The fourth-order valence-corrected chi connectivity index (χ4v) is 3.38. The number of aromatic nitrogens is 2. The summed E-state index contributed by atoms with van der Waals surface area (Å²) in [7, 11) is 0. The third kappa shape index (κ3) is 2.57. The van der Waals surface area contributed by atoms with Gasteiger partial charge in [0.2, 0.25) is 17.7 Å². The molecule has 0 saturated carbocycles. The average Bonchev–Trinajstić information content (AvgIpc) is 2.97. The number of carbonyl (C=O) groups excluding carboxylic acids is 1. The van der Waals surface area contributed by atoms with Gasteiger partial charge in [-0.3, -0.25) is 9.69 Å². The monoisotopic (exact) mass is 278 g/mol. The van der Waals surface area contributed by atoms with Crippen molar-refractivity contribution in [3.63, 3.8) is 0 Å². The zero-order valence-electron chi connectivity index (χ0n) is 12.3. The van der Waals surface area contributed by atoms with E-state index in [1.807, 2.05) is 11.8 Å². The van der Waals surface area contributed by atoms with Crippen LogP contribution >= 0.6 is 0 Å². The molecule has 2 aliphatic rings. The minimum atomic E-state index is 0.217. The lowest BCUT2D eigenvalue weighted by Gasteiger charge is -2.38. The van der Waals surface area contributed by atoms with Crippen molar-refractivity contribution >= 4 is 5.91 Å². The first-order valence-electron chi connectivity index (χ1n) is 7.39. The lowest BCUT2D eigenvalue weighted by Crippen LogP contribution is -2.41. The minimum absolute atomic E-state index is 0.217. The number of hydrogen-bond donors (Lipinski definition) is 0. The molecule has 1 aromatic rings. The molecule has 3 heterocycles. The van der Waals surface area contributed by atoms with E-state index in [4.69, 9.17) is 4.42 Å². The highest BCUT2D eigenvalue weighted by atomic mass is 16.4. The zero-order chi connectivity index (χ0) is 14.2. The highest BCUT2D eigenvalue weighted by Crippen LogP contribution is 2.41. The molecule has 2 fully saturated rings. The zero-order valence-corrected chi connectivity index (χ0v) is 12.3. The minimum Gasteiger partial charge on any atom is -0.424 e. The normalized spacial score (nSPS) is 22.9. The van der Waals surface area contributed by atoms with Crippen LogP contribution in [0.4, 0.5) is 0 Å². The van der Waals surface area contributed by atoms with E-state index in [0.717, 1.165) is 52.0 Å². The Hall–Kier alpha value is -1.43. The molecule has 6 nitrogen and oxygen atoms in total. The molecule has 0 aromatic carbocycles. The number of aryl methyl sites for hydroxylation is 1. The van der Waals surface area contributed by atoms with Crippen molar-refractivity contribution in [2.45, 2.75) is 39.7 Å². The second-order valence-electron chi connectivity index (χ2n) is 6.08. The summed E-state index contributed by atoms with van der Waals surface area (Å²) >= 11 is 0. The average molecular weight is 278 g/mol. The van der Waals surface area contributed by atoms with Crippen molar-refractivity contribution in [2.75, 3.05) is 26.2 Å². The van der Waals surface area contributed by atoms with Gasteiger partial charge in [-0.1, -0.05) is 0 Å². The number of hydrogen-bond acceptors (Lipinski definition) is 5. The Morgan fingerprint density at radius 2 is 2.05 bits per heavy atom. The van der Waals surface area contributed by atoms with Crippen molar-refractivity contribution in [3.8, 4) is 0 Å². The maximum Gasteiger partial charge on any atom is 0.230 e. The van der Waals surface area contributed by atoms with Crippen molar-refractivity contribution in [3.05, 3.63) is 11.8 Å². The van der Waals surface area contributed by atoms with E-state index in [0.29, 0.717) is 17.7 Å². The highest BCUT2D eigenvalue weighted by Gasteiger charge is 2.44. The van der Waals surface area contributed by atoms with Crippen LogP contribution in [-0.2, 0) is 11.3 Å². The number of piperidine rings is 1. The van der Waals surface area contributed by atoms with Crippen LogP contribution < -0.4 is 0 Å². The number of carbonyl (C=O) groups is 1. The molecule has 6 heteroatoms. The van der Waals surface area contributed by atoms with Crippen LogP contribution in [0.5, 0.6) is 0 Å². The summed E-state index contributed by atoms with van der Waals surface area (Å²) in [6, 6.07) is 0. The third-order valence-electron chi connectivity index (χ3n) is 4.63. The van der Waals surface area contributed by atoms with Gasteiger partial charge in [0.25, 0.3) is 0 Å². The van der Waals surface area contributed by atoms with Crippen LogP contribution in [0.3, 0.4) is 0 Å². The molecule has 0 radical (unpaired) electrons. The van der Waals surface area contributed by atoms with Gasteiger partial charge in [-0.25, -0.2) is 0 Å². The van der Waals surface area contributed by atoms with Gasteiger partial charge in [0.1, 0.15) is 0 Å². The molecule has 0 unspecified atom stereocenters. The summed E-state index contributed by atoms with van der Waals surface area (Å²) in [5.74, 6) is 1.64. The molecule has 110 valence electrons. The first kappa shape index (κ1) is 13.5. The fourth-order valence-electron chi connectivity index (χ4n) is 3.38. The molecular weight excluding hydrogens is 256 g/mol. The Morgan fingerprint density at radius 3 is 2.60 bits per heavy atom. The molecule has 0 atom stereocenters. The molecular formula is C14H22N4O2. The van der Waals surface area contributed by atoms with Gasteiger partial charge in [0, 0.05) is 26.4 Å². The Balaban J connectivity index is 1.56. The van der Waals surface area contributed by atoms with Gasteiger partial charge < -0.3 is 9.32 Å². The largest absolute Gasteiger partial charge is 0.424 e. The van der Waals surface area contributed by atoms with E-state index in [1.165, 1.54) is 0 Å². The Labute approximate surface area is 119 Å². The van der Waals surface area contributed by atoms with Gasteiger partial charge in [-0.15, -0.1) is 10.2 Å². The van der Waals surface area contributed by atoms with Gasteiger partial charge in [0.05, 0.1) is 6.54 Å². The van der Waals surface area contributed by atoms with Crippen LogP contribution in [-0.4, -0.2) is 52.1 Å². The van der Waals surface area contributed by atoms with Crippen LogP contribution in [0.25, 0.3) is 0 Å². The Morgan fingerprint density at radius 1 is 1.30 bits per heavy atom. The molecule has 2 saturated heterocycles. The van der Waals surface area contributed by atoms with Crippen molar-refractivity contribution in [1.82, 2.24) is 20.0 Å². The van der Waals surface area contributed by atoms with Gasteiger partial charge in [0.15, 0.2) is 0 Å². The Kier molecular flexibility index (Phi) is 3.50. The second-order valence-corrected chi connectivity index (χ2v) is 6.08. The molecule has 20 heavy (non-hydrogen) atoms. The molecule has 0 N–H and O–H groups in total. The first-order chi connectivity index (χ1) is 9.60. The molecule has 1 spiro atoms. The van der Waals surface area contributed by atoms with Gasteiger partial charge in [-0.05, 0) is 38.3 Å². The highest BCUT2D eigenvalue weighted by molar-refractivity contribution is 5.79. The summed E-state index contributed by atoms with van der Waals surface area (Å²) in [6.45, 7) is 8.39. The summed E-state index contributed by atoms with van der Waals surface area (Å²) in [6.07, 6.45) is 2.90. The second kappa shape index (κ2) is 5.16. The van der Waals surface area contributed by atoms with Crippen LogP contribution in [0.2, 0.25) is 0 Å². The van der Waals surface area contributed by atoms with Crippen LogP contribution in [0.1, 0.15) is 38.0 Å². The van der Waals surface area contributed by atoms with E-state index in [1.54, 1.807) is 0 Å². The maximum atomic E-state index is 11.9. The lowest BCUT2D eigenvalue weighted by atomic mass is 9.77. The van der Waals surface area contributed by atoms with Crippen molar-refractivity contribution in [2.24, 2.45) is 5.41 Å². The molecule has 0 bridgehead atoms. The summed E-state index contributed by atoms with van der Waals surface area (Å²) in [4.78, 5) is 16.3. The summed E-state index contributed by atoms with van der Waals surface area (Å²) in [5.41, 5.74) is 0.217. The SMILES string of the molecule is CCN1CC2(CCN(Cc3nnc(C)o3)CC2)CC1=O. The number of rotatable bonds is 3. The van der Waals surface area contributed by atoms with Crippen molar-refractivity contribution < 1.29 is 9.21 Å². The van der Waals surface area contributed by atoms with E-state index in [2.05, 4.69) is 22.0 Å². The number of likely N-dealkylation sites (tertiary alicyclic amines) is 2. The van der Waals surface area contributed by atoms with Crippen molar-refractivity contribution in [1.29, 1.82) is 0 Å². The predicted octanol–water partition coefficient (Wildman–Crippen LogP) is 1.21. The molecule has 1 amide bonds. The van der Waals surface area contributed by atoms with E-state index in [-0.39, 0.29) is 5.41 Å². The van der Waals surface area contributed by atoms with E-state index in [9.17, 15) is 4.79 Å². The first-order valence-corrected chi connectivity index (χ1v) is 7.39. The third-order valence-corrected chi connectivity index (χ3v) is 4.63. The fraction of sp³-hybridized carbons (Fsp3) is 0.786. The standard InChI is InChI=1S/C14H22N4O2/c1-3-18-10-14(8-13(18)19)4-6-17(7-5-14)9-12-16-15-11(2)20-12/h3-10H2,1-2H3. The van der Waals surface area contributed by atoms with Gasteiger partial charge >= 0.3 is 0 Å². The van der Waals surface area contributed by atoms with E-state index < -0.39 is 0 Å². The topological polar surface area (TPSA) is 62.5 Å². The van der Waals surface area contributed by atoms with Crippen LogP contribution in [0.15, 0.2) is 4.42 Å². The summed E-state index contributed by atoms with van der Waals surface area (Å²) in [5, 5.41) is 7.90. The molecule has 0 aliphatic carbocycles. The van der Waals surface area contributed by atoms with Crippen LogP contribution in [0, 0.1) is 12.3 Å². The summed E-state index contributed by atoms with van der Waals surface area (Å²) < 4.78 is 5.43. The van der Waals surface area contributed by atoms with E-state index >= 15 is 0 Å². The molecule has 2 aliphatic heterocycles. The molecule has 1 aromatic heterocycles. The maximum absolute atomic E-state index is 11.9. The van der Waals surface area contributed by atoms with Gasteiger partial charge in [-0.2, -0.15) is 0 Å². The number of nitrogens with zero attached hydrogens (tertiary/aromatic N) is 4.